The molecule has 0 amide bonds. The van der Waals surface area contributed by atoms with E-state index in [-0.39, 0.29) is 18.2 Å². The maximum absolute atomic E-state index is 13.6. The van der Waals surface area contributed by atoms with Crippen molar-refractivity contribution in [3.05, 3.63) is 69.8 Å². The number of benzene rings is 2. The van der Waals surface area contributed by atoms with E-state index in [1.807, 2.05) is 0 Å². The van der Waals surface area contributed by atoms with Crippen LogP contribution in [-0.2, 0) is 29.1 Å². The summed E-state index contributed by atoms with van der Waals surface area (Å²) in [5.41, 5.74) is -10.1. The lowest BCUT2D eigenvalue weighted by Crippen LogP contribution is -2.41. The molecule has 3 rings (SSSR count). The lowest BCUT2D eigenvalue weighted by atomic mass is 9.95. The van der Waals surface area contributed by atoms with Gasteiger partial charge in [0.15, 0.2) is 9.04 Å². The second-order valence-corrected chi connectivity index (χ2v) is 12.0. The van der Waals surface area contributed by atoms with Crippen molar-refractivity contribution in [3.63, 3.8) is 0 Å². The van der Waals surface area contributed by atoms with Crippen molar-refractivity contribution in [3.8, 4) is 0 Å². The van der Waals surface area contributed by atoms with E-state index in [4.69, 9.17) is 4.43 Å². The molecular weight excluding hydrogens is 586 g/mol. The van der Waals surface area contributed by atoms with E-state index in [9.17, 15) is 52.7 Å². The van der Waals surface area contributed by atoms with Gasteiger partial charge >= 0.3 is 24.7 Å². The van der Waals surface area contributed by atoms with E-state index in [0.717, 1.165) is 6.42 Å². The molecule has 0 aliphatic carbocycles. The Morgan fingerprint density at radius 1 is 0.725 bits per heavy atom. The predicted octanol–water partition coefficient (Wildman–Crippen LogP) is 8.33. The van der Waals surface area contributed by atoms with Crippen LogP contribution in [0.25, 0.3) is 0 Å². The average molecular weight is 612 g/mol. The highest BCUT2D eigenvalue weighted by Gasteiger charge is 2.42. The van der Waals surface area contributed by atoms with Crippen molar-refractivity contribution in [1.82, 2.24) is 5.32 Å². The minimum Gasteiger partial charge on any atom is -0.415 e. The highest BCUT2D eigenvalue weighted by Crippen LogP contribution is 2.43. The maximum atomic E-state index is 13.6. The number of rotatable bonds is 7. The standard InChI is InChI=1S/C25H25F12NOSi/c1-3-20(19-5-4-6-38-19)39-40(2)21(13-7-15(22(26,27)28)11-16(8-13)23(29,30)31)14-9-17(24(32,33)34)12-18(10-14)25(35,36)37/h7-12,19-21,38,40H,3-6H2,1-2H3. The van der Waals surface area contributed by atoms with Crippen molar-refractivity contribution in [2.75, 3.05) is 6.54 Å². The Balaban J connectivity index is 2.29. The van der Waals surface area contributed by atoms with Gasteiger partial charge < -0.3 is 9.74 Å². The van der Waals surface area contributed by atoms with Gasteiger partial charge in [-0.1, -0.05) is 6.92 Å². The molecule has 2 nitrogen and oxygen atoms in total. The molecule has 3 atom stereocenters. The predicted molar refractivity (Wildman–Crippen MR) is 124 cm³/mol. The summed E-state index contributed by atoms with van der Waals surface area (Å²) in [4.78, 5) is 0. The number of nitrogens with one attached hydrogen (secondary N) is 1. The lowest BCUT2D eigenvalue weighted by Gasteiger charge is -2.32. The molecular formula is C25H25F12NOSi. The van der Waals surface area contributed by atoms with Crippen LogP contribution in [0.15, 0.2) is 36.4 Å². The first kappa shape index (κ1) is 32.3. The zero-order chi connectivity index (χ0) is 30.3. The van der Waals surface area contributed by atoms with Crippen LogP contribution < -0.4 is 5.32 Å². The van der Waals surface area contributed by atoms with Crippen molar-refractivity contribution in [2.45, 2.75) is 75.1 Å². The first-order valence-corrected chi connectivity index (χ1v) is 14.5. The zero-order valence-electron chi connectivity index (χ0n) is 21.0. The molecule has 1 aliphatic rings. The monoisotopic (exact) mass is 611 g/mol. The van der Waals surface area contributed by atoms with Crippen molar-refractivity contribution < 1.29 is 57.1 Å². The first-order valence-electron chi connectivity index (χ1n) is 12.2. The third-order valence-electron chi connectivity index (χ3n) is 6.75. The molecule has 1 fully saturated rings. The van der Waals surface area contributed by atoms with Crippen molar-refractivity contribution in [1.29, 1.82) is 0 Å². The summed E-state index contributed by atoms with van der Waals surface area (Å²) in [6, 6.07) is 0.769. The molecule has 0 spiro atoms. The SMILES string of the molecule is CCC(O[SiH](C)C(c1cc(C(F)(F)F)cc(C(F)(F)F)c1)c1cc(C(F)(F)F)cc(C(F)(F)F)c1)C1CCCN1. The van der Waals surface area contributed by atoms with Gasteiger partial charge in [0, 0.05) is 11.6 Å². The van der Waals surface area contributed by atoms with Crippen molar-refractivity contribution in [2.24, 2.45) is 0 Å². The van der Waals surface area contributed by atoms with Gasteiger partial charge in [0.05, 0.1) is 28.4 Å². The van der Waals surface area contributed by atoms with Crippen LogP contribution in [0.3, 0.4) is 0 Å². The summed E-state index contributed by atoms with van der Waals surface area (Å²) < 4.78 is 170. The van der Waals surface area contributed by atoms with Gasteiger partial charge in [0.25, 0.3) is 0 Å². The molecule has 1 N–H and O–H groups in total. The lowest BCUT2D eigenvalue weighted by molar-refractivity contribution is -0.144. The molecule has 2 aromatic carbocycles. The van der Waals surface area contributed by atoms with E-state index in [1.165, 1.54) is 6.55 Å². The fourth-order valence-electron chi connectivity index (χ4n) is 4.91. The Labute approximate surface area is 223 Å². The molecule has 0 aromatic heterocycles. The van der Waals surface area contributed by atoms with Crippen LogP contribution in [0.2, 0.25) is 6.55 Å². The summed E-state index contributed by atoms with van der Waals surface area (Å²) in [7, 11) is -3.21. The molecule has 1 aliphatic heterocycles. The van der Waals surface area contributed by atoms with E-state index in [1.54, 1.807) is 6.92 Å². The molecule has 3 unspecified atom stereocenters. The van der Waals surface area contributed by atoms with E-state index >= 15 is 0 Å². The summed E-state index contributed by atoms with van der Waals surface area (Å²) in [6.07, 6.45) is -20.0. The smallest absolute Gasteiger partial charge is 0.415 e. The molecule has 1 heterocycles. The van der Waals surface area contributed by atoms with E-state index < -0.39 is 78.8 Å². The fourth-order valence-corrected chi connectivity index (χ4v) is 7.47. The highest BCUT2D eigenvalue weighted by molar-refractivity contribution is 6.53. The van der Waals surface area contributed by atoms with Gasteiger partial charge in [0.1, 0.15) is 0 Å². The van der Waals surface area contributed by atoms with Crippen LogP contribution in [0.5, 0.6) is 0 Å². The van der Waals surface area contributed by atoms with Gasteiger partial charge in [-0.05, 0) is 79.9 Å². The van der Waals surface area contributed by atoms with E-state index in [0.29, 0.717) is 43.7 Å². The molecule has 224 valence electrons. The molecule has 0 bridgehead atoms. The highest BCUT2D eigenvalue weighted by atomic mass is 28.3. The summed E-state index contributed by atoms with van der Waals surface area (Å²) >= 11 is 0. The largest absolute Gasteiger partial charge is 0.416 e. The summed E-state index contributed by atoms with van der Waals surface area (Å²) in [6.45, 7) is 3.66. The molecule has 0 radical (unpaired) electrons. The third-order valence-corrected chi connectivity index (χ3v) is 9.23. The Morgan fingerprint density at radius 2 is 1.10 bits per heavy atom. The van der Waals surface area contributed by atoms with Crippen LogP contribution in [0.4, 0.5) is 52.7 Å². The normalized spacial score (nSPS) is 18.8. The Bertz CT molecular complexity index is 1030. The second kappa shape index (κ2) is 11.5. The molecule has 40 heavy (non-hydrogen) atoms. The van der Waals surface area contributed by atoms with Gasteiger partial charge in [-0.2, -0.15) is 52.7 Å². The number of alkyl halides is 12. The van der Waals surface area contributed by atoms with Crippen LogP contribution in [-0.4, -0.2) is 27.7 Å². The Kier molecular flexibility index (Phi) is 9.31. The third kappa shape index (κ3) is 7.72. The van der Waals surface area contributed by atoms with Gasteiger partial charge in [0.2, 0.25) is 0 Å². The van der Waals surface area contributed by atoms with Gasteiger partial charge in [-0.3, -0.25) is 0 Å². The molecule has 1 saturated heterocycles. The Hall–Kier alpha value is -2.26. The molecule has 0 saturated carbocycles. The van der Waals surface area contributed by atoms with Crippen LogP contribution in [0.1, 0.15) is 65.1 Å². The maximum Gasteiger partial charge on any atom is 0.416 e. The minimum absolute atomic E-state index is 0.155. The number of hydrogen-bond acceptors (Lipinski definition) is 2. The quantitative estimate of drug-likeness (QED) is 0.251. The minimum atomic E-state index is -5.28. The second-order valence-electron chi connectivity index (χ2n) is 9.65. The van der Waals surface area contributed by atoms with Crippen molar-refractivity contribution >= 4 is 9.04 Å². The topological polar surface area (TPSA) is 21.3 Å². The zero-order valence-corrected chi connectivity index (χ0v) is 22.2. The summed E-state index contributed by atoms with van der Waals surface area (Å²) in [5.74, 6) is 0. The summed E-state index contributed by atoms with van der Waals surface area (Å²) in [5, 5.41) is 3.15. The fraction of sp³-hybridized carbons (Fsp3) is 0.520. The van der Waals surface area contributed by atoms with E-state index in [2.05, 4.69) is 5.32 Å². The molecule has 15 heteroatoms. The first-order chi connectivity index (χ1) is 18.2. The van der Waals surface area contributed by atoms with Crippen LogP contribution >= 0.6 is 0 Å². The van der Waals surface area contributed by atoms with Crippen LogP contribution in [0, 0.1) is 0 Å². The average Bonchev–Trinajstić information content (AvgIpc) is 3.35. The molecule has 2 aromatic rings. The van der Waals surface area contributed by atoms with Gasteiger partial charge in [-0.15, -0.1) is 0 Å². The number of halogens is 12. The number of hydrogen-bond donors (Lipinski definition) is 1. The Morgan fingerprint density at radius 3 is 1.38 bits per heavy atom. The van der Waals surface area contributed by atoms with Gasteiger partial charge in [-0.25, -0.2) is 0 Å².